The Morgan fingerprint density at radius 2 is 1.38 bits per heavy atom. The first-order valence-electron chi connectivity index (χ1n) is 9.94. The summed E-state index contributed by atoms with van der Waals surface area (Å²) in [5, 5.41) is 0. The standard InChI is InChI=1S/C11H20O3.C10H18O2/c1-6(2)9-7(3)10(13-5)8(4)11(12)14-9;1-6(2)9-7(3)5-8(4)10(11)12-9/h6-10H,1-5H3;6-9H,5H2,1-4H3/t7-,8+,9-,10-;7-,8-,9+/m01/s1. The maximum absolute atomic E-state index is 11.5. The highest BCUT2D eigenvalue weighted by Crippen LogP contribution is 2.32. The molecule has 7 atom stereocenters. The maximum Gasteiger partial charge on any atom is 0.311 e. The minimum Gasteiger partial charge on any atom is -0.462 e. The van der Waals surface area contributed by atoms with Gasteiger partial charge in [-0.25, -0.2) is 0 Å². The minimum atomic E-state index is -0.148. The van der Waals surface area contributed by atoms with Crippen molar-refractivity contribution in [2.75, 3.05) is 7.11 Å². The number of hydrogen-bond acceptors (Lipinski definition) is 5. The number of cyclic esters (lactones) is 2. The van der Waals surface area contributed by atoms with Crippen molar-refractivity contribution >= 4 is 11.9 Å². The summed E-state index contributed by atoms with van der Waals surface area (Å²) in [6, 6.07) is 0. The topological polar surface area (TPSA) is 61.8 Å². The predicted molar refractivity (Wildman–Crippen MR) is 102 cm³/mol. The lowest BCUT2D eigenvalue weighted by Gasteiger charge is -2.39. The zero-order valence-electron chi connectivity index (χ0n) is 17.9. The van der Waals surface area contributed by atoms with Crippen molar-refractivity contribution in [3.8, 4) is 0 Å². The van der Waals surface area contributed by atoms with Crippen LogP contribution in [-0.2, 0) is 23.8 Å². The third-order valence-electron chi connectivity index (χ3n) is 5.68. The van der Waals surface area contributed by atoms with Crippen LogP contribution in [0.2, 0.25) is 0 Å². The van der Waals surface area contributed by atoms with Crippen LogP contribution in [0.25, 0.3) is 0 Å². The number of ether oxygens (including phenoxy) is 3. The molecule has 26 heavy (non-hydrogen) atoms. The van der Waals surface area contributed by atoms with E-state index in [9.17, 15) is 9.59 Å². The van der Waals surface area contributed by atoms with Gasteiger partial charge in [0.15, 0.2) is 0 Å². The third kappa shape index (κ3) is 5.45. The van der Waals surface area contributed by atoms with E-state index in [0.29, 0.717) is 17.8 Å². The van der Waals surface area contributed by atoms with Crippen LogP contribution in [0.3, 0.4) is 0 Å². The van der Waals surface area contributed by atoms with E-state index in [-0.39, 0.29) is 48.0 Å². The van der Waals surface area contributed by atoms with E-state index in [2.05, 4.69) is 41.5 Å². The van der Waals surface area contributed by atoms with Gasteiger partial charge in [-0.05, 0) is 31.1 Å². The second kappa shape index (κ2) is 9.72. The first kappa shape index (κ1) is 22.9. The third-order valence-corrected chi connectivity index (χ3v) is 5.68. The van der Waals surface area contributed by atoms with Crippen molar-refractivity contribution in [1.29, 1.82) is 0 Å². The van der Waals surface area contributed by atoms with Gasteiger partial charge in [0.2, 0.25) is 0 Å². The highest BCUT2D eigenvalue weighted by molar-refractivity contribution is 5.74. The summed E-state index contributed by atoms with van der Waals surface area (Å²) in [5.41, 5.74) is 0. The van der Waals surface area contributed by atoms with Crippen LogP contribution < -0.4 is 0 Å². The van der Waals surface area contributed by atoms with E-state index in [4.69, 9.17) is 14.2 Å². The Morgan fingerprint density at radius 3 is 1.85 bits per heavy atom. The minimum absolute atomic E-state index is 0.0105. The second-order valence-electron chi connectivity index (χ2n) is 8.75. The molecule has 0 spiro atoms. The quantitative estimate of drug-likeness (QED) is 0.700. The molecule has 2 heterocycles. The van der Waals surface area contributed by atoms with Crippen molar-refractivity contribution in [3.63, 3.8) is 0 Å². The molecular weight excluding hydrogens is 332 g/mol. The molecule has 0 aliphatic carbocycles. The lowest BCUT2D eigenvalue weighted by Crippen LogP contribution is -2.49. The van der Waals surface area contributed by atoms with Crippen LogP contribution in [-0.4, -0.2) is 37.4 Å². The van der Waals surface area contributed by atoms with E-state index >= 15 is 0 Å². The number of esters is 2. The average Bonchev–Trinajstić information content (AvgIpc) is 2.55. The lowest BCUT2D eigenvalue weighted by atomic mass is 9.82. The van der Waals surface area contributed by atoms with Crippen LogP contribution in [0, 0.1) is 35.5 Å². The fourth-order valence-electron chi connectivity index (χ4n) is 4.23. The normalized spacial score (nSPS) is 37.7. The average molecular weight is 371 g/mol. The molecule has 0 bridgehead atoms. The van der Waals surface area contributed by atoms with Gasteiger partial charge in [0.25, 0.3) is 0 Å². The van der Waals surface area contributed by atoms with E-state index in [1.54, 1.807) is 7.11 Å². The smallest absolute Gasteiger partial charge is 0.311 e. The van der Waals surface area contributed by atoms with Crippen molar-refractivity contribution < 1.29 is 23.8 Å². The van der Waals surface area contributed by atoms with Crippen LogP contribution in [0.15, 0.2) is 0 Å². The van der Waals surface area contributed by atoms with E-state index < -0.39 is 0 Å². The van der Waals surface area contributed by atoms with Crippen molar-refractivity contribution in [2.24, 2.45) is 35.5 Å². The van der Waals surface area contributed by atoms with Crippen LogP contribution >= 0.6 is 0 Å². The summed E-state index contributed by atoms with van der Waals surface area (Å²) < 4.78 is 16.1. The van der Waals surface area contributed by atoms with Gasteiger partial charge in [-0.3, -0.25) is 9.59 Å². The highest BCUT2D eigenvalue weighted by Gasteiger charge is 2.42. The molecular formula is C21H38O5. The molecule has 5 heteroatoms. The summed E-state index contributed by atoms with van der Waals surface area (Å²) in [6.07, 6.45) is 1.09. The summed E-state index contributed by atoms with van der Waals surface area (Å²) >= 11 is 0. The molecule has 0 amide bonds. The van der Waals surface area contributed by atoms with Gasteiger partial charge in [0.05, 0.1) is 17.9 Å². The van der Waals surface area contributed by atoms with Gasteiger partial charge < -0.3 is 14.2 Å². The van der Waals surface area contributed by atoms with Gasteiger partial charge >= 0.3 is 11.9 Å². The van der Waals surface area contributed by atoms with Gasteiger partial charge in [0, 0.05) is 13.0 Å². The first-order valence-corrected chi connectivity index (χ1v) is 9.94. The number of carbonyl (C=O) groups excluding carboxylic acids is 2. The molecule has 2 fully saturated rings. The Hall–Kier alpha value is -1.10. The fourth-order valence-corrected chi connectivity index (χ4v) is 4.23. The van der Waals surface area contributed by atoms with E-state index in [1.165, 1.54) is 0 Å². The van der Waals surface area contributed by atoms with Crippen molar-refractivity contribution in [2.45, 2.75) is 80.1 Å². The SMILES string of the molecule is CC(C)[C@@H]1OC(=O)[C@H](C)C[C@H]1C.CO[C@H]1[C@@H](C)[C@H](C(C)C)OC(=O)[C@@H]1C. The molecule has 0 aromatic heterocycles. The molecule has 5 nitrogen and oxygen atoms in total. The molecule has 0 radical (unpaired) electrons. The second-order valence-corrected chi connectivity index (χ2v) is 8.75. The van der Waals surface area contributed by atoms with Gasteiger partial charge in [-0.2, -0.15) is 0 Å². The molecule has 152 valence electrons. The molecule has 0 unspecified atom stereocenters. The van der Waals surface area contributed by atoms with Crippen molar-refractivity contribution in [3.05, 3.63) is 0 Å². The largest absolute Gasteiger partial charge is 0.462 e. The maximum atomic E-state index is 11.5. The lowest BCUT2D eigenvalue weighted by molar-refractivity contribution is -0.184. The molecule has 2 aliphatic rings. The summed E-state index contributed by atoms with van der Waals surface area (Å²) in [4.78, 5) is 22.8. The Bertz CT molecular complexity index is 471. The van der Waals surface area contributed by atoms with Gasteiger partial charge in [0.1, 0.15) is 12.2 Å². The number of hydrogen-bond donors (Lipinski definition) is 0. The number of methoxy groups -OCH3 is 1. The Kier molecular flexibility index (Phi) is 8.58. The molecule has 2 aliphatic heterocycles. The molecule has 2 saturated heterocycles. The van der Waals surface area contributed by atoms with E-state index in [0.717, 1.165) is 6.42 Å². The van der Waals surface area contributed by atoms with Crippen LogP contribution in [0.5, 0.6) is 0 Å². The Labute approximate surface area is 159 Å². The number of carbonyl (C=O) groups is 2. The molecule has 0 saturated carbocycles. The summed E-state index contributed by atoms with van der Waals surface area (Å²) in [7, 11) is 1.66. The Morgan fingerprint density at radius 1 is 0.885 bits per heavy atom. The van der Waals surface area contributed by atoms with Crippen LogP contribution in [0.4, 0.5) is 0 Å². The van der Waals surface area contributed by atoms with Crippen LogP contribution in [0.1, 0.15) is 61.8 Å². The first-order chi connectivity index (χ1) is 12.0. The predicted octanol–water partition coefficient (Wildman–Crippen LogP) is 4.09. The van der Waals surface area contributed by atoms with Crippen molar-refractivity contribution in [1.82, 2.24) is 0 Å². The Balaban J connectivity index is 0.000000263. The summed E-state index contributed by atoms with van der Waals surface area (Å²) in [6.45, 7) is 16.4. The van der Waals surface area contributed by atoms with E-state index in [1.807, 2.05) is 13.8 Å². The molecule has 0 aromatic rings. The molecule has 0 aromatic carbocycles. The zero-order valence-corrected chi connectivity index (χ0v) is 17.9. The van der Waals surface area contributed by atoms with Gasteiger partial charge in [-0.15, -0.1) is 0 Å². The zero-order chi connectivity index (χ0) is 20.2. The monoisotopic (exact) mass is 370 g/mol. The molecule has 0 N–H and O–H groups in total. The molecule has 2 rings (SSSR count). The fraction of sp³-hybridized carbons (Fsp3) is 0.905. The highest BCUT2D eigenvalue weighted by atomic mass is 16.6. The summed E-state index contributed by atoms with van der Waals surface area (Å²) in [5.74, 6) is 1.36. The number of rotatable bonds is 3. The van der Waals surface area contributed by atoms with Gasteiger partial charge in [-0.1, -0.05) is 48.5 Å².